The number of rotatable bonds is 9. The molecule has 0 aliphatic rings. The van der Waals surface area contributed by atoms with Crippen LogP contribution in [0.15, 0.2) is 0 Å². The average Bonchev–Trinajstić information content (AvgIpc) is 2.36. The Hall–Kier alpha value is -0.660. The SMILES string of the molecule is CC(=O)CCC(C)C.CCCC(C)(C)C(=O)C(C)(C)CCC. The van der Waals surface area contributed by atoms with Crippen LogP contribution in [0.25, 0.3) is 0 Å². The maximum absolute atomic E-state index is 12.3. The second-order valence-corrected chi connectivity index (χ2v) is 8.23. The smallest absolute Gasteiger partial charge is 0.144 e. The zero-order valence-corrected chi connectivity index (χ0v) is 16.6. The average molecular weight is 313 g/mol. The van der Waals surface area contributed by atoms with Crippen molar-refractivity contribution in [2.45, 2.75) is 101 Å². The van der Waals surface area contributed by atoms with Crippen LogP contribution in [-0.2, 0) is 9.59 Å². The van der Waals surface area contributed by atoms with E-state index in [2.05, 4.69) is 55.4 Å². The molecule has 0 rings (SSSR count). The van der Waals surface area contributed by atoms with Crippen LogP contribution in [0.3, 0.4) is 0 Å². The molecule has 0 aromatic heterocycles. The molecule has 0 heterocycles. The summed E-state index contributed by atoms with van der Waals surface area (Å²) in [5, 5.41) is 0. The van der Waals surface area contributed by atoms with E-state index in [1.165, 1.54) is 0 Å². The van der Waals surface area contributed by atoms with Gasteiger partial charge in [-0.1, -0.05) is 68.2 Å². The summed E-state index contributed by atoms with van der Waals surface area (Å²) < 4.78 is 0. The largest absolute Gasteiger partial charge is 0.300 e. The predicted octanol–water partition coefficient (Wildman–Crippen LogP) is 6.22. The Bertz CT molecular complexity index is 305. The third kappa shape index (κ3) is 11.0. The maximum Gasteiger partial charge on any atom is 0.144 e. The molecule has 0 aromatic carbocycles. The molecule has 132 valence electrons. The Labute approximate surface area is 139 Å². The van der Waals surface area contributed by atoms with Gasteiger partial charge in [0.1, 0.15) is 11.6 Å². The summed E-state index contributed by atoms with van der Waals surface area (Å²) in [5.74, 6) is 1.39. The Morgan fingerprint density at radius 1 is 0.864 bits per heavy atom. The van der Waals surface area contributed by atoms with Gasteiger partial charge in [0.2, 0.25) is 0 Å². The first-order chi connectivity index (χ1) is 9.90. The van der Waals surface area contributed by atoms with Gasteiger partial charge >= 0.3 is 0 Å². The van der Waals surface area contributed by atoms with E-state index >= 15 is 0 Å². The fourth-order valence-electron chi connectivity index (χ4n) is 2.89. The fourth-order valence-corrected chi connectivity index (χ4v) is 2.89. The highest BCUT2D eigenvalue weighted by atomic mass is 16.1. The quantitative estimate of drug-likeness (QED) is 0.506. The maximum atomic E-state index is 12.3. The standard InChI is InChI=1S/C13H26O.C7H14O/c1-7-9-12(3,4)11(14)13(5,6)10-8-2;1-6(2)4-5-7(3)8/h7-10H2,1-6H3;6H,4-5H2,1-3H3. The third-order valence-electron chi connectivity index (χ3n) is 4.05. The minimum absolute atomic E-state index is 0.145. The number of hydrogen-bond donors (Lipinski definition) is 0. The van der Waals surface area contributed by atoms with Gasteiger partial charge in [-0.15, -0.1) is 0 Å². The van der Waals surface area contributed by atoms with Crippen molar-refractivity contribution in [3.05, 3.63) is 0 Å². The fraction of sp³-hybridized carbons (Fsp3) is 0.900. The summed E-state index contributed by atoms with van der Waals surface area (Å²) in [7, 11) is 0. The van der Waals surface area contributed by atoms with Crippen molar-refractivity contribution in [2.24, 2.45) is 16.7 Å². The summed E-state index contributed by atoms with van der Waals surface area (Å²) in [4.78, 5) is 22.6. The van der Waals surface area contributed by atoms with Crippen LogP contribution >= 0.6 is 0 Å². The van der Waals surface area contributed by atoms with Crippen LogP contribution in [-0.4, -0.2) is 11.6 Å². The van der Waals surface area contributed by atoms with E-state index in [0.29, 0.717) is 17.5 Å². The minimum Gasteiger partial charge on any atom is -0.300 e. The molecule has 2 nitrogen and oxygen atoms in total. The van der Waals surface area contributed by atoms with Gasteiger partial charge in [0, 0.05) is 17.3 Å². The van der Waals surface area contributed by atoms with Gasteiger partial charge in [0.25, 0.3) is 0 Å². The first-order valence-corrected chi connectivity index (χ1v) is 8.95. The van der Waals surface area contributed by atoms with Crippen molar-refractivity contribution < 1.29 is 9.59 Å². The number of ketones is 2. The molecule has 0 unspecified atom stereocenters. The third-order valence-corrected chi connectivity index (χ3v) is 4.05. The lowest BCUT2D eigenvalue weighted by molar-refractivity contribution is -0.136. The van der Waals surface area contributed by atoms with Gasteiger partial charge in [-0.2, -0.15) is 0 Å². The van der Waals surface area contributed by atoms with Crippen LogP contribution in [0.2, 0.25) is 0 Å². The molecule has 0 fully saturated rings. The summed E-state index contributed by atoms with van der Waals surface area (Å²) in [6.07, 6.45) is 5.95. The molecule has 22 heavy (non-hydrogen) atoms. The number of hydrogen-bond acceptors (Lipinski definition) is 2. The van der Waals surface area contributed by atoms with E-state index in [-0.39, 0.29) is 10.8 Å². The highest BCUT2D eigenvalue weighted by molar-refractivity contribution is 5.89. The van der Waals surface area contributed by atoms with Crippen LogP contribution < -0.4 is 0 Å². The van der Waals surface area contributed by atoms with E-state index in [1.807, 2.05) is 0 Å². The lowest BCUT2D eigenvalue weighted by Crippen LogP contribution is -2.36. The number of Topliss-reactive ketones (excluding diaryl/α,β-unsaturated/α-hetero) is 2. The van der Waals surface area contributed by atoms with E-state index in [1.54, 1.807) is 6.92 Å². The topological polar surface area (TPSA) is 34.1 Å². The molecule has 0 saturated heterocycles. The monoisotopic (exact) mass is 312 g/mol. The molecule has 0 amide bonds. The summed E-state index contributed by atoms with van der Waals surface area (Å²) >= 11 is 0. The normalized spacial score (nSPS) is 11.9. The van der Waals surface area contributed by atoms with Gasteiger partial charge < -0.3 is 4.79 Å². The molecule has 0 bridgehead atoms. The molecular formula is C20H40O2. The Balaban J connectivity index is 0. The lowest BCUT2D eigenvalue weighted by Gasteiger charge is -2.33. The molecule has 0 aliphatic carbocycles. The van der Waals surface area contributed by atoms with Gasteiger partial charge in [-0.25, -0.2) is 0 Å². The Morgan fingerprint density at radius 2 is 1.23 bits per heavy atom. The Kier molecular flexibility index (Phi) is 11.8. The van der Waals surface area contributed by atoms with E-state index in [9.17, 15) is 9.59 Å². The van der Waals surface area contributed by atoms with E-state index < -0.39 is 0 Å². The van der Waals surface area contributed by atoms with Crippen LogP contribution in [0.4, 0.5) is 0 Å². The van der Waals surface area contributed by atoms with Crippen molar-refractivity contribution in [1.29, 1.82) is 0 Å². The zero-order valence-electron chi connectivity index (χ0n) is 16.6. The second-order valence-electron chi connectivity index (χ2n) is 8.23. The van der Waals surface area contributed by atoms with Gasteiger partial charge in [0.05, 0.1) is 0 Å². The van der Waals surface area contributed by atoms with Gasteiger partial charge in [-0.3, -0.25) is 4.79 Å². The number of carbonyl (C=O) groups excluding carboxylic acids is 2. The van der Waals surface area contributed by atoms with Crippen molar-refractivity contribution in [1.82, 2.24) is 0 Å². The molecular weight excluding hydrogens is 272 g/mol. The molecule has 0 aromatic rings. The first-order valence-electron chi connectivity index (χ1n) is 8.95. The molecule has 2 heteroatoms. The van der Waals surface area contributed by atoms with E-state index in [4.69, 9.17) is 0 Å². The highest BCUT2D eigenvalue weighted by Gasteiger charge is 2.37. The summed E-state index contributed by atoms with van der Waals surface area (Å²) in [5.41, 5.74) is -0.291. The predicted molar refractivity (Wildman–Crippen MR) is 97.1 cm³/mol. The minimum atomic E-state index is -0.145. The molecule has 0 N–H and O–H groups in total. The number of carbonyl (C=O) groups is 2. The first kappa shape index (κ1) is 23.6. The molecule has 0 aliphatic heterocycles. The van der Waals surface area contributed by atoms with Gasteiger partial charge in [-0.05, 0) is 32.1 Å². The molecule has 0 radical (unpaired) electrons. The Morgan fingerprint density at radius 3 is 1.41 bits per heavy atom. The van der Waals surface area contributed by atoms with Crippen LogP contribution in [0.5, 0.6) is 0 Å². The molecule has 0 spiro atoms. The van der Waals surface area contributed by atoms with Crippen molar-refractivity contribution in [3.63, 3.8) is 0 Å². The highest BCUT2D eigenvalue weighted by Crippen LogP contribution is 2.35. The van der Waals surface area contributed by atoms with Crippen LogP contribution in [0.1, 0.15) is 101 Å². The van der Waals surface area contributed by atoms with Crippen molar-refractivity contribution in [2.75, 3.05) is 0 Å². The van der Waals surface area contributed by atoms with Crippen LogP contribution in [0, 0.1) is 16.7 Å². The van der Waals surface area contributed by atoms with Gasteiger partial charge in [0.15, 0.2) is 0 Å². The molecule has 0 saturated carbocycles. The van der Waals surface area contributed by atoms with Crippen molar-refractivity contribution in [3.8, 4) is 0 Å². The second kappa shape index (κ2) is 11.0. The summed E-state index contributed by atoms with van der Waals surface area (Å²) in [6.45, 7) is 18.5. The van der Waals surface area contributed by atoms with Crippen molar-refractivity contribution >= 4 is 11.6 Å². The zero-order chi connectivity index (χ0) is 18.0. The van der Waals surface area contributed by atoms with E-state index in [0.717, 1.165) is 38.5 Å². The lowest BCUT2D eigenvalue weighted by atomic mass is 9.70. The summed E-state index contributed by atoms with van der Waals surface area (Å²) in [6, 6.07) is 0. The molecule has 0 atom stereocenters.